The van der Waals surface area contributed by atoms with E-state index in [4.69, 9.17) is 4.74 Å². The average Bonchev–Trinajstić information content (AvgIpc) is 2.14. The van der Waals surface area contributed by atoms with Crippen LogP contribution in [0.2, 0.25) is 0 Å². The summed E-state index contributed by atoms with van der Waals surface area (Å²) in [5, 5.41) is 0. The van der Waals surface area contributed by atoms with E-state index in [1.54, 1.807) is 6.08 Å². The topological polar surface area (TPSA) is 26.3 Å². The molecule has 0 bridgehead atoms. The number of carbonyl (C=O) groups is 1. The van der Waals surface area contributed by atoms with Crippen molar-refractivity contribution in [1.82, 2.24) is 0 Å². The van der Waals surface area contributed by atoms with Gasteiger partial charge in [0.15, 0.2) is 0 Å². The van der Waals surface area contributed by atoms with Gasteiger partial charge in [-0.15, -0.1) is 0 Å². The quantitative estimate of drug-likeness (QED) is 0.500. The van der Waals surface area contributed by atoms with Gasteiger partial charge in [-0.25, -0.2) is 4.79 Å². The maximum absolute atomic E-state index is 11.3. The summed E-state index contributed by atoms with van der Waals surface area (Å²) in [7, 11) is 0. The molecule has 0 spiro atoms. The van der Waals surface area contributed by atoms with Crippen LogP contribution in [0.5, 0.6) is 0 Å². The van der Waals surface area contributed by atoms with Gasteiger partial charge in [-0.2, -0.15) is 0 Å². The molecule has 82 valence electrons. The molecular formula is C12H22O2. The van der Waals surface area contributed by atoms with Gasteiger partial charge in [0.25, 0.3) is 0 Å². The van der Waals surface area contributed by atoms with E-state index in [1.807, 2.05) is 13.8 Å². The third-order valence-corrected chi connectivity index (χ3v) is 2.73. The Bertz CT molecular complexity index is 214. The minimum atomic E-state index is -0.217. The van der Waals surface area contributed by atoms with E-state index < -0.39 is 0 Å². The minimum Gasteiger partial charge on any atom is -0.463 e. The highest BCUT2D eigenvalue weighted by Crippen LogP contribution is 2.29. The van der Waals surface area contributed by atoms with Crippen LogP contribution in [-0.2, 0) is 9.53 Å². The Balaban J connectivity index is 4.29. The summed E-state index contributed by atoms with van der Waals surface area (Å²) in [5.74, 6) is -0.217. The third kappa shape index (κ3) is 4.45. The van der Waals surface area contributed by atoms with Crippen molar-refractivity contribution in [3.63, 3.8) is 0 Å². The molecule has 2 nitrogen and oxygen atoms in total. The predicted molar refractivity (Wildman–Crippen MR) is 59.1 cm³/mol. The summed E-state index contributed by atoms with van der Waals surface area (Å²) in [5.41, 5.74) is 1.17. The zero-order chi connectivity index (χ0) is 11.2. The van der Waals surface area contributed by atoms with Crippen LogP contribution in [0.3, 0.4) is 0 Å². The van der Waals surface area contributed by atoms with Gasteiger partial charge < -0.3 is 4.74 Å². The Hall–Kier alpha value is -0.790. The molecule has 0 aliphatic carbocycles. The molecule has 0 atom stereocenters. The smallest absolute Gasteiger partial charge is 0.330 e. The fraction of sp³-hybridized carbons (Fsp3) is 0.750. The standard InChI is InChI=1S/C12H22O2/c1-6-8-14-11(13)9-10(3)12(4,5)7-2/h9H,6-8H2,1-5H3/b10-9+. The van der Waals surface area contributed by atoms with Crippen LogP contribution in [0, 0.1) is 5.41 Å². The van der Waals surface area contributed by atoms with Crippen LogP contribution in [-0.4, -0.2) is 12.6 Å². The van der Waals surface area contributed by atoms with E-state index in [1.165, 1.54) is 0 Å². The van der Waals surface area contributed by atoms with Crippen molar-refractivity contribution in [3.8, 4) is 0 Å². The van der Waals surface area contributed by atoms with E-state index in [2.05, 4.69) is 20.8 Å². The largest absolute Gasteiger partial charge is 0.463 e. The van der Waals surface area contributed by atoms with Crippen molar-refractivity contribution in [2.45, 2.75) is 47.5 Å². The number of ether oxygens (including phenoxy) is 1. The van der Waals surface area contributed by atoms with Gasteiger partial charge >= 0.3 is 5.97 Å². The van der Waals surface area contributed by atoms with Crippen molar-refractivity contribution in [2.24, 2.45) is 5.41 Å². The maximum atomic E-state index is 11.3. The Morgan fingerprint density at radius 2 is 1.93 bits per heavy atom. The first kappa shape index (κ1) is 13.2. The minimum absolute atomic E-state index is 0.0885. The summed E-state index contributed by atoms with van der Waals surface area (Å²) in [6.45, 7) is 10.9. The number of esters is 1. The fourth-order valence-electron chi connectivity index (χ4n) is 0.895. The molecule has 0 rings (SSSR count). The van der Waals surface area contributed by atoms with Crippen molar-refractivity contribution < 1.29 is 9.53 Å². The number of hydrogen-bond acceptors (Lipinski definition) is 2. The number of rotatable bonds is 5. The first-order chi connectivity index (χ1) is 6.44. The molecule has 0 aliphatic heterocycles. The molecule has 0 saturated carbocycles. The summed E-state index contributed by atoms with van der Waals surface area (Å²) in [4.78, 5) is 11.3. The van der Waals surface area contributed by atoms with E-state index in [0.29, 0.717) is 6.61 Å². The summed E-state index contributed by atoms with van der Waals surface area (Å²) in [6.07, 6.45) is 3.51. The fourth-order valence-corrected chi connectivity index (χ4v) is 0.895. The highest BCUT2D eigenvalue weighted by Gasteiger charge is 2.18. The zero-order valence-electron chi connectivity index (χ0n) is 10.0. The van der Waals surface area contributed by atoms with Gasteiger partial charge in [0, 0.05) is 6.08 Å². The molecule has 14 heavy (non-hydrogen) atoms. The molecule has 0 amide bonds. The molecule has 2 heteroatoms. The maximum Gasteiger partial charge on any atom is 0.330 e. The van der Waals surface area contributed by atoms with E-state index in [-0.39, 0.29) is 11.4 Å². The first-order valence-electron chi connectivity index (χ1n) is 5.29. The average molecular weight is 198 g/mol. The number of allylic oxidation sites excluding steroid dienone is 1. The highest BCUT2D eigenvalue weighted by atomic mass is 16.5. The van der Waals surface area contributed by atoms with E-state index in [9.17, 15) is 4.79 Å². The van der Waals surface area contributed by atoms with Gasteiger partial charge in [0.2, 0.25) is 0 Å². The van der Waals surface area contributed by atoms with Gasteiger partial charge in [-0.1, -0.05) is 33.3 Å². The predicted octanol–water partition coefficient (Wildman–Crippen LogP) is 3.32. The van der Waals surface area contributed by atoms with Crippen LogP contribution in [0.4, 0.5) is 0 Å². The first-order valence-corrected chi connectivity index (χ1v) is 5.29. The van der Waals surface area contributed by atoms with Crippen LogP contribution >= 0.6 is 0 Å². The lowest BCUT2D eigenvalue weighted by molar-refractivity contribution is -0.137. The van der Waals surface area contributed by atoms with E-state index in [0.717, 1.165) is 18.4 Å². The highest BCUT2D eigenvalue weighted by molar-refractivity contribution is 5.82. The van der Waals surface area contributed by atoms with Gasteiger partial charge in [-0.05, 0) is 25.2 Å². The van der Waals surface area contributed by atoms with Crippen molar-refractivity contribution >= 4 is 5.97 Å². The number of hydrogen-bond donors (Lipinski definition) is 0. The normalized spacial score (nSPS) is 12.8. The summed E-state index contributed by atoms with van der Waals surface area (Å²) >= 11 is 0. The molecule has 0 radical (unpaired) electrons. The Labute approximate surface area is 87.3 Å². The SMILES string of the molecule is CCCOC(=O)/C=C(\C)C(C)(C)CC. The second-order valence-electron chi connectivity index (χ2n) is 4.23. The van der Waals surface area contributed by atoms with E-state index >= 15 is 0 Å². The molecular weight excluding hydrogens is 176 g/mol. The van der Waals surface area contributed by atoms with Gasteiger partial charge in [0.05, 0.1) is 6.61 Å². The molecule has 0 saturated heterocycles. The van der Waals surface area contributed by atoms with Gasteiger partial charge in [-0.3, -0.25) is 0 Å². The Morgan fingerprint density at radius 1 is 1.36 bits per heavy atom. The second kappa shape index (κ2) is 5.84. The molecule has 0 aromatic carbocycles. The van der Waals surface area contributed by atoms with Crippen molar-refractivity contribution in [2.75, 3.05) is 6.61 Å². The van der Waals surface area contributed by atoms with Crippen LogP contribution < -0.4 is 0 Å². The van der Waals surface area contributed by atoms with Crippen LogP contribution in [0.25, 0.3) is 0 Å². The van der Waals surface area contributed by atoms with Crippen LogP contribution in [0.1, 0.15) is 47.5 Å². The zero-order valence-corrected chi connectivity index (χ0v) is 10.0. The van der Waals surface area contributed by atoms with Gasteiger partial charge in [0.1, 0.15) is 0 Å². The molecule has 0 unspecified atom stereocenters. The molecule has 0 aromatic rings. The molecule has 0 aliphatic rings. The number of carbonyl (C=O) groups excluding carboxylic acids is 1. The monoisotopic (exact) mass is 198 g/mol. The molecule has 0 N–H and O–H groups in total. The Kier molecular flexibility index (Phi) is 5.51. The lowest BCUT2D eigenvalue weighted by atomic mass is 9.82. The lowest BCUT2D eigenvalue weighted by Gasteiger charge is -2.23. The van der Waals surface area contributed by atoms with Crippen molar-refractivity contribution in [3.05, 3.63) is 11.6 Å². The van der Waals surface area contributed by atoms with Crippen molar-refractivity contribution in [1.29, 1.82) is 0 Å². The third-order valence-electron chi connectivity index (χ3n) is 2.73. The second-order valence-corrected chi connectivity index (χ2v) is 4.23. The molecule has 0 heterocycles. The lowest BCUT2D eigenvalue weighted by Crippen LogP contribution is -2.13. The molecule has 0 aromatic heterocycles. The summed E-state index contributed by atoms with van der Waals surface area (Å²) < 4.78 is 4.99. The molecule has 0 fully saturated rings. The van der Waals surface area contributed by atoms with Crippen LogP contribution in [0.15, 0.2) is 11.6 Å². The summed E-state index contributed by atoms with van der Waals surface area (Å²) in [6, 6.07) is 0. The Morgan fingerprint density at radius 3 is 2.36 bits per heavy atom.